The number of hydrogen-bond acceptors (Lipinski definition) is 2. The molecule has 0 aromatic heterocycles. The van der Waals surface area contributed by atoms with E-state index in [1.54, 1.807) is 0 Å². The number of nitrogens with zero attached hydrogens (tertiary/aromatic N) is 1. The lowest BCUT2D eigenvalue weighted by molar-refractivity contribution is 1.04. The first-order valence-corrected chi connectivity index (χ1v) is 6.85. The number of nitrogens with two attached hydrogens (primary N) is 1. The highest BCUT2D eigenvalue weighted by molar-refractivity contribution is 6.33. The van der Waals surface area contributed by atoms with Gasteiger partial charge in [0, 0.05) is 19.3 Å². The molecule has 0 radical (unpaired) electrons. The molecule has 0 atom stereocenters. The van der Waals surface area contributed by atoms with Gasteiger partial charge in [0.05, 0.1) is 10.7 Å². The molecular weight excluding hydrogens is 256 g/mol. The molecule has 3 heteroatoms. The molecule has 2 N–H and O–H groups in total. The Hall–Kier alpha value is -1.51. The molecule has 0 amide bonds. The zero-order valence-corrected chi connectivity index (χ0v) is 12.1. The number of rotatable bonds is 4. The molecule has 19 heavy (non-hydrogen) atoms. The highest BCUT2D eigenvalue weighted by Crippen LogP contribution is 2.33. The number of aryl methyl sites for hydroxylation is 1. The van der Waals surface area contributed by atoms with Gasteiger partial charge in [-0.15, -0.1) is 0 Å². The lowest BCUT2D eigenvalue weighted by Gasteiger charge is -2.23. The predicted octanol–water partition coefficient (Wildman–Crippen LogP) is 4.13. The van der Waals surface area contributed by atoms with Crippen molar-refractivity contribution in [3.63, 3.8) is 0 Å². The van der Waals surface area contributed by atoms with Crippen molar-refractivity contribution in [2.75, 3.05) is 11.9 Å². The molecule has 2 rings (SSSR count). The fraction of sp³-hybridized carbons (Fsp3) is 0.250. The third-order valence-corrected chi connectivity index (χ3v) is 3.66. The van der Waals surface area contributed by atoms with E-state index in [4.69, 9.17) is 17.3 Å². The number of anilines is 2. The Balaban J connectivity index is 2.40. The summed E-state index contributed by atoms with van der Waals surface area (Å²) in [5.41, 5.74) is 10.3. The third kappa shape index (κ3) is 2.91. The van der Waals surface area contributed by atoms with Gasteiger partial charge in [0.25, 0.3) is 0 Å². The zero-order valence-electron chi connectivity index (χ0n) is 11.4. The maximum atomic E-state index is 6.31. The number of hydrogen-bond donors (Lipinski definition) is 1. The van der Waals surface area contributed by atoms with Crippen LogP contribution in [0.2, 0.25) is 5.02 Å². The minimum atomic E-state index is 0.479. The molecule has 0 aliphatic rings. The van der Waals surface area contributed by atoms with Crippen LogP contribution in [-0.4, -0.2) is 7.05 Å². The summed E-state index contributed by atoms with van der Waals surface area (Å²) in [4.78, 5) is 2.09. The van der Waals surface area contributed by atoms with E-state index >= 15 is 0 Å². The van der Waals surface area contributed by atoms with Crippen LogP contribution in [0.4, 0.5) is 11.4 Å². The molecule has 0 fully saturated rings. The van der Waals surface area contributed by atoms with Crippen molar-refractivity contribution < 1.29 is 0 Å². The van der Waals surface area contributed by atoms with Gasteiger partial charge in [-0.1, -0.05) is 42.8 Å². The summed E-state index contributed by atoms with van der Waals surface area (Å²) in [5.74, 6) is 0. The standard InChI is InChI=1S/C16H19ClN2/c1-3-12-7-9-14(10-8-12)19(2)16-13(11-18)5-4-6-15(16)17/h4-10H,3,11,18H2,1-2H3. The van der Waals surface area contributed by atoms with Crippen LogP contribution >= 0.6 is 11.6 Å². The number of para-hydroxylation sites is 1. The zero-order chi connectivity index (χ0) is 13.8. The third-order valence-electron chi connectivity index (χ3n) is 3.36. The summed E-state index contributed by atoms with van der Waals surface area (Å²) < 4.78 is 0. The highest BCUT2D eigenvalue weighted by atomic mass is 35.5. The van der Waals surface area contributed by atoms with E-state index in [9.17, 15) is 0 Å². The van der Waals surface area contributed by atoms with E-state index in [0.29, 0.717) is 6.54 Å². The summed E-state index contributed by atoms with van der Waals surface area (Å²) in [6.07, 6.45) is 1.05. The maximum absolute atomic E-state index is 6.31. The van der Waals surface area contributed by atoms with Crippen LogP contribution in [0.15, 0.2) is 42.5 Å². The van der Waals surface area contributed by atoms with Crippen molar-refractivity contribution in [2.45, 2.75) is 19.9 Å². The van der Waals surface area contributed by atoms with Crippen LogP contribution in [0.1, 0.15) is 18.1 Å². The second-order valence-corrected chi connectivity index (χ2v) is 4.94. The molecule has 2 aromatic carbocycles. The second kappa shape index (κ2) is 6.09. The van der Waals surface area contributed by atoms with Crippen LogP contribution in [-0.2, 0) is 13.0 Å². The molecule has 0 heterocycles. The van der Waals surface area contributed by atoms with Crippen molar-refractivity contribution in [2.24, 2.45) is 5.73 Å². The van der Waals surface area contributed by atoms with E-state index in [1.165, 1.54) is 5.56 Å². The SMILES string of the molecule is CCc1ccc(N(C)c2c(Cl)cccc2CN)cc1. The fourth-order valence-corrected chi connectivity index (χ4v) is 2.51. The molecule has 2 aromatic rings. The molecule has 0 aliphatic carbocycles. The Labute approximate surface area is 119 Å². The van der Waals surface area contributed by atoms with Gasteiger partial charge in [-0.2, -0.15) is 0 Å². The van der Waals surface area contributed by atoms with Gasteiger partial charge in [0.15, 0.2) is 0 Å². The molecule has 0 aliphatic heterocycles. The lowest BCUT2D eigenvalue weighted by Crippen LogP contribution is -2.14. The Morgan fingerprint density at radius 2 is 1.79 bits per heavy atom. The average molecular weight is 275 g/mol. The molecule has 0 unspecified atom stereocenters. The Bertz CT molecular complexity index is 549. The van der Waals surface area contributed by atoms with Crippen LogP contribution in [0.3, 0.4) is 0 Å². The first kappa shape index (κ1) is 13.9. The molecule has 0 saturated heterocycles. The monoisotopic (exact) mass is 274 g/mol. The molecular formula is C16H19ClN2. The lowest BCUT2D eigenvalue weighted by atomic mass is 10.1. The van der Waals surface area contributed by atoms with Crippen molar-refractivity contribution in [1.29, 1.82) is 0 Å². The second-order valence-electron chi connectivity index (χ2n) is 4.53. The molecule has 0 spiro atoms. The van der Waals surface area contributed by atoms with E-state index < -0.39 is 0 Å². The van der Waals surface area contributed by atoms with Crippen molar-refractivity contribution in [3.8, 4) is 0 Å². The number of halogens is 1. The summed E-state index contributed by atoms with van der Waals surface area (Å²) in [6.45, 7) is 2.63. The smallest absolute Gasteiger partial charge is 0.0646 e. The first-order chi connectivity index (χ1) is 9.17. The summed E-state index contributed by atoms with van der Waals surface area (Å²) >= 11 is 6.31. The van der Waals surface area contributed by atoms with E-state index in [1.807, 2.05) is 25.2 Å². The van der Waals surface area contributed by atoms with Crippen LogP contribution in [0.25, 0.3) is 0 Å². The van der Waals surface area contributed by atoms with Gasteiger partial charge >= 0.3 is 0 Å². The summed E-state index contributed by atoms with van der Waals surface area (Å²) in [6, 6.07) is 14.4. The van der Waals surface area contributed by atoms with Crippen LogP contribution < -0.4 is 10.6 Å². The Morgan fingerprint density at radius 3 is 2.37 bits per heavy atom. The van der Waals surface area contributed by atoms with Crippen molar-refractivity contribution >= 4 is 23.0 Å². The molecule has 2 nitrogen and oxygen atoms in total. The van der Waals surface area contributed by atoms with E-state index in [0.717, 1.165) is 28.4 Å². The van der Waals surface area contributed by atoms with Gasteiger partial charge in [0.2, 0.25) is 0 Å². The normalized spacial score (nSPS) is 10.5. The van der Waals surface area contributed by atoms with Gasteiger partial charge in [-0.3, -0.25) is 0 Å². The van der Waals surface area contributed by atoms with E-state index in [2.05, 4.69) is 36.1 Å². The first-order valence-electron chi connectivity index (χ1n) is 6.47. The molecule has 100 valence electrons. The summed E-state index contributed by atoms with van der Waals surface area (Å²) in [7, 11) is 2.02. The fourth-order valence-electron chi connectivity index (χ4n) is 2.18. The van der Waals surface area contributed by atoms with Gasteiger partial charge in [-0.05, 0) is 35.7 Å². The molecule has 0 saturated carbocycles. The Kier molecular flexibility index (Phi) is 4.46. The summed E-state index contributed by atoms with van der Waals surface area (Å²) in [5, 5.41) is 0.727. The Morgan fingerprint density at radius 1 is 1.11 bits per heavy atom. The van der Waals surface area contributed by atoms with Crippen LogP contribution in [0, 0.1) is 0 Å². The van der Waals surface area contributed by atoms with E-state index in [-0.39, 0.29) is 0 Å². The minimum absolute atomic E-state index is 0.479. The number of benzene rings is 2. The highest BCUT2D eigenvalue weighted by Gasteiger charge is 2.12. The van der Waals surface area contributed by atoms with Crippen molar-refractivity contribution in [1.82, 2.24) is 0 Å². The quantitative estimate of drug-likeness (QED) is 0.908. The molecule has 0 bridgehead atoms. The van der Waals surface area contributed by atoms with Crippen molar-refractivity contribution in [3.05, 3.63) is 58.6 Å². The maximum Gasteiger partial charge on any atom is 0.0646 e. The largest absolute Gasteiger partial charge is 0.343 e. The van der Waals surface area contributed by atoms with Gasteiger partial charge in [-0.25, -0.2) is 0 Å². The average Bonchev–Trinajstić information content (AvgIpc) is 2.46. The predicted molar refractivity (Wildman–Crippen MR) is 83.2 cm³/mol. The topological polar surface area (TPSA) is 29.3 Å². The van der Waals surface area contributed by atoms with Gasteiger partial charge in [0.1, 0.15) is 0 Å². The minimum Gasteiger partial charge on any atom is -0.343 e. The van der Waals surface area contributed by atoms with Gasteiger partial charge < -0.3 is 10.6 Å². The van der Waals surface area contributed by atoms with Crippen LogP contribution in [0.5, 0.6) is 0 Å².